The zero-order chi connectivity index (χ0) is 18.8. The van der Waals surface area contributed by atoms with Crippen molar-refractivity contribution in [3.05, 3.63) is 29.8 Å². The van der Waals surface area contributed by atoms with Crippen LogP contribution >= 0.6 is 0 Å². The van der Waals surface area contributed by atoms with Gasteiger partial charge in [0.15, 0.2) is 0 Å². The summed E-state index contributed by atoms with van der Waals surface area (Å²) in [7, 11) is 0. The van der Waals surface area contributed by atoms with Crippen LogP contribution in [0.15, 0.2) is 24.3 Å². The first-order chi connectivity index (χ1) is 11.7. The standard InChI is InChI=1S/C22H38O3/c1-21(2,3)13-18-24-15-7-14-23-16-8-17-25-20-11-9-19(10-12-20)22(4,5)6/h9-12H,7-8,13-18H2,1-6H3. The molecular weight excluding hydrogens is 312 g/mol. The van der Waals surface area contributed by atoms with Crippen LogP contribution < -0.4 is 4.74 Å². The Balaban J connectivity index is 1.97. The Morgan fingerprint density at radius 1 is 0.680 bits per heavy atom. The number of ether oxygens (including phenoxy) is 3. The molecule has 0 amide bonds. The van der Waals surface area contributed by atoms with E-state index < -0.39 is 0 Å². The molecule has 1 rings (SSSR count). The normalized spacial score (nSPS) is 12.4. The molecule has 1 aromatic rings. The summed E-state index contributed by atoms with van der Waals surface area (Å²) in [6.07, 6.45) is 2.97. The molecule has 0 spiro atoms. The van der Waals surface area contributed by atoms with Gasteiger partial charge in [-0.2, -0.15) is 0 Å². The molecule has 0 bridgehead atoms. The molecule has 1 aromatic carbocycles. The number of rotatable bonds is 11. The first-order valence-electron chi connectivity index (χ1n) is 9.57. The van der Waals surface area contributed by atoms with Gasteiger partial charge < -0.3 is 14.2 Å². The summed E-state index contributed by atoms with van der Waals surface area (Å²) >= 11 is 0. The van der Waals surface area contributed by atoms with Crippen molar-refractivity contribution in [3.8, 4) is 5.75 Å². The Hall–Kier alpha value is -1.06. The van der Waals surface area contributed by atoms with Crippen molar-refractivity contribution in [2.45, 2.75) is 66.2 Å². The molecule has 3 heteroatoms. The molecule has 25 heavy (non-hydrogen) atoms. The van der Waals surface area contributed by atoms with Crippen LogP contribution in [-0.4, -0.2) is 33.0 Å². The average molecular weight is 351 g/mol. The molecule has 0 saturated carbocycles. The van der Waals surface area contributed by atoms with Crippen LogP contribution in [0.4, 0.5) is 0 Å². The third kappa shape index (κ3) is 11.2. The van der Waals surface area contributed by atoms with Crippen LogP contribution in [0.2, 0.25) is 0 Å². The maximum absolute atomic E-state index is 5.76. The molecule has 0 fully saturated rings. The quantitative estimate of drug-likeness (QED) is 0.485. The lowest BCUT2D eigenvalue weighted by Gasteiger charge is -2.19. The van der Waals surface area contributed by atoms with Gasteiger partial charge in [-0.1, -0.05) is 53.7 Å². The highest BCUT2D eigenvalue weighted by Gasteiger charge is 2.12. The van der Waals surface area contributed by atoms with Gasteiger partial charge >= 0.3 is 0 Å². The van der Waals surface area contributed by atoms with E-state index in [0.29, 0.717) is 12.0 Å². The predicted octanol–water partition coefficient (Wildman–Crippen LogP) is 5.61. The van der Waals surface area contributed by atoms with Gasteiger partial charge in [-0.3, -0.25) is 0 Å². The van der Waals surface area contributed by atoms with E-state index in [2.05, 4.69) is 65.8 Å². The lowest BCUT2D eigenvalue weighted by atomic mass is 9.87. The predicted molar refractivity (Wildman–Crippen MR) is 106 cm³/mol. The van der Waals surface area contributed by atoms with Crippen LogP contribution in [0.1, 0.15) is 66.4 Å². The molecule has 0 saturated heterocycles. The fourth-order valence-corrected chi connectivity index (χ4v) is 2.25. The van der Waals surface area contributed by atoms with Gasteiger partial charge in [0.2, 0.25) is 0 Å². The van der Waals surface area contributed by atoms with E-state index in [1.807, 2.05) is 0 Å². The van der Waals surface area contributed by atoms with E-state index >= 15 is 0 Å². The highest BCUT2D eigenvalue weighted by Crippen LogP contribution is 2.24. The van der Waals surface area contributed by atoms with Crippen molar-refractivity contribution in [2.24, 2.45) is 5.41 Å². The molecule has 144 valence electrons. The number of benzene rings is 1. The molecule has 0 N–H and O–H groups in total. The van der Waals surface area contributed by atoms with Crippen LogP contribution in [-0.2, 0) is 14.9 Å². The first kappa shape index (κ1) is 22.0. The van der Waals surface area contributed by atoms with Gasteiger partial charge in [-0.25, -0.2) is 0 Å². The summed E-state index contributed by atoms with van der Waals surface area (Å²) in [6, 6.07) is 8.39. The molecule has 0 atom stereocenters. The molecule has 0 aromatic heterocycles. The SMILES string of the molecule is CC(C)(C)CCOCCCOCCCOc1ccc(C(C)(C)C)cc1. The molecule has 0 radical (unpaired) electrons. The van der Waals surface area contributed by atoms with E-state index in [9.17, 15) is 0 Å². The zero-order valence-electron chi connectivity index (χ0n) is 17.2. The minimum Gasteiger partial charge on any atom is -0.494 e. The smallest absolute Gasteiger partial charge is 0.119 e. The second kappa shape index (κ2) is 10.8. The Morgan fingerprint density at radius 3 is 1.72 bits per heavy atom. The van der Waals surface area contributed by atoms with Gasteiger partial charge in [-0.05, 0) is 41.4 Å². The monoisotopic (exact) mass is 350 g/mol. The van der Waals surface area contributed by atoms with E-state index in [-0.39, 0.29) is 5.41 Å². The zero-order valence-corrected chi connectivity index (χ0v) is 17.2. The maximum atomic E-state index is 5.76. The van der Waals surface area contributed by atoms with E-state index in [1.165, 1.54) is 5.56 Å². The highest BCUT2D eigenvalue weighted by atomic mass is 16.5. The molecular formula is C22H38O3. The van der Waals surface area contributed by atoms with Crippen LogP contribution in [0.3, 0.4) is 0 Å². The Kier molecular flexibility index (Phi) is 9.52. The maximum Gasteiger partial charge on any atom is 0.119 e. The fraction of sp³-hybridized carbons (Fsp3) is 0.727. The van der Waals surface area contributed by atoms with Crippen molar-refractivity contribution in [2.75, 3.05) is 33.0 Å². The van der Waals surface area contributed by atoms with Crippen molar-refractivity contribution in [3.63, 3.8) is 0 Å². The summed E-state index contributed by atoms with van der Waals surface area (Å²) in [5.74, 6) is 0.931. The summed E-state index contributed by atoms with van der Waals surface area (Å²) in [5.41, 5.74) is 1.86. The first-order valence-corrected chi connectivity index (χ1v) is 9.57. The summed E-state index contributed by atoms with van der Waals surface area (Å²) in [6.45, 7) is 17.2. The topological polar surface area (TPSA) is 27.7 Å². The Bertz CT molecular complexity index is 452. The highest BCUT2D eigenvalue weighted by molar-refractivity contribution is 5.31. The summed E-state index contributed by atoms with van der Waals surface area (Å²) < 4.78 is 17.0. The van der Waals surface area contributed by atoms with Crippen molar-refractivity contribution in [1.82, 2.24) is 0 Å². The van der Waals surface area contributed by atoms with Crippen molar-refractivity contribution >= 4 is 0 Å². The van der Waals surface area contributed by atoms with E-state index in [1.54, 1.807) is 0 Å². The van der Waals surface area contributed by atoms with Crippen molar-refractivity contribution < 1.29 is 14.2 Å². The minimum absolute atomic E-state index is 0.183. The summed E-state index contributed by atoms with van der Waals surface area (Å²) in [4.78, 5) is 0. The lowest BCUT2D eigenvalue weighted by molar-refractivity contribution is 0.0681. The fourth-order valence-electron chi connectivity index (χ4n) is 2.25. The van der Waals surface area contributed by atoms with Gasteiger partial charge in [0, 0.05) is 32.8 Å². The third-order valence-corrected chi connectivity index (χ3v) is 4.00. The second-order valence-electron chi connectivity index (χ2n) is 8.87. The minimum atomic E-state index is 0.183. The lowest BCUT2D eigenvalue weighted by Crippen LogP contribution is -2.11. The Morgan fingerprint density at radius 2 is 1.20 bits per heavy atom. The Labute approximate surface area is 155 Å². The van der Waals surface area contributed by atoms with E-state index in [4.69, 9.17) is 14.2 Å². The molecule has 0 aliphatic carbocycles. The number of hydrogen-bond acceptors (Lipinski definition) is 3. The third-order valence-electron chi connectivity index (χ3n) is 4.00. The second-order valence-corrected chi connectivity index (χ2v) is 8.87. The van der Waals surface area contributed by atoms with Crippen molar-refractivity contribution in [1.29, 1.82) is 0 Å². The molecule has 0 aliphatic heterocycles. The van der Waals surface area contributed by atoms with Crippen LogP contribution in [0, 0.1) is 5.41 Å². The van der Waals surface area contributed by atoms with E-state index in [0.717, 1.165) is 51.4 Å². The van der Waals surface area contributed by atoms with Gasteiger partial charge in [0.05, 0.1) is 6.61 Å². The van der Waals surface area contributed by atoms with Crippen LogP contribution in [0.25, 0.3) is 0 Å². The number of hydrogen-bond donors (Lipinski definition) is 0. The molecule has 0 heterocycles. The van der Waals surface area contributed by atoms with Gasteiger partial charge in [0.25, 0.3) is 0 Å². The molecule has 3 nitrogen and oxygen atoms in total. The molecule has 0 aliphatic rings. The van der Waals surface area contributed by atoms with Gasteiger partial charge in [-0.15, -0.1) is 0 Å². The average Bonchev–Trinajstić information content (AvgIpc) is 2.51. The van der Waals surface area contributed by atoms with Crippen LogP contribution in [0.5, 0.6) is 5.75 Å². The molecule has 0 unspecified atom stereocenters. The summed E-state index contributed by atoms with van der Waals surface area (Å²) in [5, 5.41) is 0. The van der Waals surface area contributed by atoms with Gasteiger partial charge in [0.1, 0.15) is 5.75 Å². The largest absolute Gasteiger partial charge is 0.494 e.